The third-order valence-corrected chi connectivity index (χ3v) is 7.29. The summed E-state index contributed by atoms with van der Waals surface area (Å²) in [5, 5.41) is 20.5. The van der Waals surface area contributed by atoms with Crippen LogP contribution in [0.25, 0.3) is 0 Å². The number of aliphatic hydroxyl groups excluding tert-OH is 1. The van der Waals surface area contributed by atoms with Gasteiger partial charge in [0.1, 0.15) is 17.1 Å². The molecule has 1 atom stereocenters. The van der Waals surface area contributed by atoms with Gasteiger partial charge >= 0.3 is 24.7 Å². The summed E-state index contributed by atoms with van der Waals surface area (Å²) in [5.41, 5.74) is -1.13. The van der Waals surface area contributed by atoms with Crippen molar-refractivity contribution in [2.24, 2.45) is 10.4 Å². The molecule has 0 radical (unpaired) electrons. The molecule has 6 nitrogen and oxygen atoms in total. The minimum atomic E-state index is -4.64. The largest absolute Gasteiger partial charge is 0.435 e. The molecule has 0 aliphatic carbocycles. The molecule has 56 heavy (non-hydrogen) atoms. The molecule has 0 heterocycles. The van der Waals surface area contributed by atoms with E-state index in [4.69, 9.17) is 21.7 Å². The number of methoxy groups -OCH3 is 1. The Morgan fingerprint density at radius 3 is 1.05 bits per heavy atom. The van der Waals surface area contributed by atoms with E-state index in [1.165, 1.54) is 84.9 Å². The molecule has 0 spiro atoms. The van der Waals surface area contributed by atoms with Crippen molar-refractivity contribution in [2.75, 3.05) is 14.2 Å². The van der Waals surface area contributed by atoms with E-state index in [2.05, 4.69) is 9.39 Å². The molecule has 4 aromatic rings. The summed E-state index contributed by atoms with van der Waals surface area (Å²) < 4.78 is 156. The van der Waals surface area contributed by atoms with Crippen LogP contribution in [0.3, 0.4) is 0 Å². The maximum Gasteiger partial charge on any atom is 0.435 e. The average molecular weight is 829 g/mol. The Hall–Kier alpha value is -4.85. The second kappa shape index (κ2) is 22.0. The number of nitrogens with zero attached hydrogens (tertiary/aromatic N) is 1. The molecule has 4 rings (SSSR count). The number of benzene rings is 4. The van der Waals surface area contributed by atoms with E-state index < -0.39 is 55.8 Å². The van der Waals surface area contributed by atoms with E-state index in [1.807, 2.05) is 0 Å². The molecule has 0 saturated carbocycles. The highest BCUT2D eigenvalue weighted by molar-refractivity contribution is 6.75. The molecule has 0 aromatic heterocycles. The molecule has 19 heteroatoms. The van der Waals surface area contributed by atoms with E-state index >= 15 is 0 Å². The fourth-order valence-corrected chi connectivity index (χ4v) is 4.77. The van der Waals surface area contributed by atoms with Crippen LogP contribution in [0.1, 0.15) is 22.3 Å². The monoisotopic (exact) mass is 828 g/mol. The van der Waals surface area contributed by atoms with E-state index in [-0.39, 0.29) is 22.3 Å². The summed E-state index contributed by atoms with van der Waals surface area (Å²) in [6, 6.07) is 29.0. The van der Waals surface area contributed by atoms with Gasteiger partial charge in [0.2, 0.25) is 5.72 Å². The lowest BCUT2D eigenvalue weighted by atomic mass is 10.0. The predicted octanol–water partition coefficient (Wildman–Crippen LogP) is 10.7. The zero-order chi connectivity index (χ0) is 43.6. The minimum absolute atomic E-state index is 0.106. The number of nitrogens with one attached hydrogen (secondary N) is 2. The highest BCUT2D eigenvalue weighted by Crippen LogP contribution is 2.37. The van der Waals surface area contributed by atoms with Crippen molar-refractivity contribution < 1.29 is 62.5 Å². The van der Waals surface area contributed by atoms with Crippen molar-refractivity contribution in [1.82, 2.24) is 0 Å². The fraction of sp³-hybridized carbons (Fsp3) is 0.270. The third kappa shape index (κ3) is 17.7. The number of hydrogen-bond acceptors (Lipinski definition) is 6. The van der Waals surface area contributed by atoms with Crippen LogP contribution >= 0.6 is 0 Å². The Morgan fingerprint density at radius 1 is 0.536 bits per heavy atom. The van der Waals surface area contributed by atoms with Crippen molar-refractivity contribution >= 4 is 25.4 Å². The van der Waals surface area contributed by atoms with Crippen LogP contribution in [-0.2, 0) is 10.5 Å². The van der Waals surface area contributed by atoms with Gasteiger partial charge < -0.3 is 14.5 Å². The summed E-state index contributed by atoms with van der Waals surface area (Å²) in [6.07, 6.45) is -18.1. The molecule has 0 saturated heterocycles. The minimum Gasteiger partial charge on any atom is -0.400 e. The van der Waals surface area contributed by atoms with Crippen LogP contribution in [0.4, 0.5) is 52.7 Å². The molecule has 0 fully saturated rings. The van der Waals surface area contributed by atoms with Crippen LogP contribution < -0.4 is 5.73 Å². The van der Waals surface area contributed by atoms with Gasteiger partial charge in [-0.05, 0) is 19.6 Å². The fourth-order valence-electron chi connectivity index (χ4n) is 3.84. The second-order valence-electron chi connectivity index (χ2n) is 11.8. The molecule has 308 valence electrons. The lowest BCUT2D eigenvalue weighted by Gasteiger charge is -2.30. The van der Waals surface area contributed by atoms with Crippen LogP contribution in [0, 0.1) is 10.8 Å². The zero-order valence-electron chi connectivity index (χ0n) is 30.5. The molecule has 1 unspecified atom stereocenters. The van der Waals surface area contributed by atoms with Gasteiger partial charge in [-0.1, -0.05) is 121 Å². The molecule has 5 N–H and O–H groups in total. The Labute approximate surface area is 316 Å². The summed E-state index contributed by atoms with van der Waals surface area (Å²) in [7, 11) is -0.214. The zero-order valence-corrected chi connectivity index (χ0v) is 31.5. The smallest absolute Gasteiger partial charge is 0.400 e. The number of ether oxygens (including phenoxy) is 1. The van der Waals surface area contributed by atoms with E-state index in [1.54, 1.807) is 56.0 Å². The first-order chi connectivity index (χ1) is 25.6. The van der Waals surface area contributed by atoms with Gasteiger partial charge in [0.05, 0.1) is 0 Å². The number of nitrogens with two attached hydrogens (primary N) is 1. The van der Waals surface area contributed by atoms with E-state index in [0.717, 1.165) is 14.2 Å². The molecule has 0 aliphatic heterocycles. The number of hydrogen-bond donors (Lipinski definition) is 4. The summed E-state index contributed by atoms with van der Waals surface area (Å²) in [6.45, 7) is 5.34. The summed E-state index contributed by atoms with van der Waals surface area (Å²) >= 11 is 0. The van der Waals surface area contributed by atoms with Crippen LogP contribution in [0.5, 0.6) is 0 Å². The number of rotatable bonds is 6. The Morgan fingerprint density at radius 2 is 0.821 bits per heavy atom. The average Bonchev–Trinajstić information content (AvgIpc) is 3.14. The van der Waals surface area contributed by atoms with E-state index in [9.17, 15) is 52.7 Å². The molecule has 0 bridgehead atoms. The van der Waals surface area contributed by atoms with Crippen molar-refractivity contribution in [2.45, 2.75) is 50.1 Å². The first kappa shape index (κ1) is 51.1. The van der Waals surface area contributed by atoms with E-state index in [0.29, 0.717) is 0 Å². The Bertz CT molecular complexity index is 1700. The molecular weight excluding hydrogens is 788 g/mol. The van der Waals surface area contributed by atoms with Gasteiger partial charge in [0.25, 0.3) is 0 Å². The van der Waals surface area contributed by atoms with Gasteiger partial charge in [0.15, 0.2) is 8.24 Å². The number of alkyl halides is 12. The van der Waals surface area contributed by atoms with Gasteiger partial charge in [-0.25, -0.2) is 0 Å². The molecule has 4 aromatic carbocycles. The lowest BCUT2D eigenvalue weighted by molar-refractivity contribution is -0.274. The summed E-state index contributed by atoms with van der Waals surface area (Å²) in [5.74, 6) is 0. The standard InChI is InChI=1S/C11H14F3NSi.C9H10F3NO.2C8H6F3N.CH4O/c1-16(2,3)15-10(11(12,13)14)9-7-5-4-6-8-9;1-14-8(13,9(10,11)12)7-5-3-2-4-6-7;2*9-8(10,11)7(12)6-4-2-1-3-5-6;1-2/h4-8H,1-3H3;2-6H,13H2,1H3;2*1-5,12H;2H,1H3. The normalized spacial score (nSPS) is 13.0. The lowest BCUT2D eigenvalue weighted by Crippen LogP contribution is -2.51. The predicted molar refractivity (Wildman–Crippen MR) is 195 cm³/mol. The second-order valence-corrected chi connectivity index (χ2v) is 16.3. The van der Waals surface area contributed by atoms with Gasteiger partial charge in [-0.3, -0.25) is 16.6 Å². The van der Waals surface area contributed by atoms with Crippen LogP contribution in [-0.4, -0.2) is 69.4 Å². The van der Waals surface area contributed by atoms with Crippen LogP contribution in [0.2, 0.25) is 19.6 Å². The summed E-state index contributed by atoms with van der Waals surface area (Å²) in [4.78, 5) is 0. The Balaban J connectivity index is 0.000000714. The molecule has 0 aliphatic rings. The topological polar surface area (TPSA) is 116 Å². The molecular formula is C37H40F12N4O2Si. The van der Waals surface area contributed by atoms with Crippen molar-refractivity contribution in [3.8, 4) is 0 Å². The number of aliphatic hydroxyl groups is 1. The van der Waals surface area contributed by atoms with Crippen molar-refractivity contribution in [3.05, 3.63) is 144 Å². The first-order valence-corrected chi connectivity index (χ1v) is 19.2. The Kier molecular flexibility index (Phi) is 20.1. The maximum atomic E-state index is 12.8. The quantitative estimate of drug-likeness (QED) is 0.0671. The first-order valence-electron chi connectivity index (χ1n) is 15.7. The van der Waals surface area contributed by atoms with Gasteiger partial charge in [-0.15, -0.1) is 0 Å². The maximum absolute atomic E-state index is 12.8. The SMILES string of the molecule is CO.COC(N)(c1ccccc1)C(F)(F)F.C[Si](C)(C)N=C(c1ccccc1)C(F)(F)F.N=C(c1ccccc1)C(F)(F)F.N=C(c1ccccc1)C(F)(F)F. The van der Waals surface area contributed by atoms with Crippen LogP contribution in [0.15, 0.2) is 126 Å². The third-order valence-electron chi connectivity index (χ3n) is 6.40. The highest BCUT2D eigenvalue weighted by atomic mass is 28.3. The molecule has 0 amide bonds. The van der Waals surface area contributed by atoms with Crippen molar-refractivity contribution in [3.63, 3.8) is 0 Å². The van der Waals surface area contributed by atoms with Gasteiger partial charge in [0, 0.05) is 36.5 Å². The highest BCUT2D eigenvalue weighted by Gasteiger charge is 2.54. The van der Waals surface area contributed by atoms with Gasteiger partial charge in [-0.2, -0.15) is 52.7 Å². The van der Waals surface area contributed by atoms with Crippen molar-refractivity contribution in [1.29, 1.82) is 10.8 Å². The number of halogens is 12.